The van der Waals surface area contributed by atoms with E-state index in [1.54, 1.807) is 14.2 Å². The summed E-state index contributed by atoms with van der Waals surface area (Å²) < 4.78 is 5.05. The van der Waals surface area contributed by atoms with Crippen LogP contribution < -0.4 is 15.5 Å². The lowest BCUT2D eigenvalue weighted by molar-refractivity contribution is 0.195. The highest BCUT2D eigenvalue weighted by Gasteiger charge is 2.16. The lowest BCUT2D eigenvalue weighted by atomic mass is 10.2. The first-order chi connectivity index (χ1) is 12.7. The summed E-state index contributed by atoms with van der Waals surface area (Å²) in [6, 6.07) is 8.13. The molecule has 0 unspecified atom stereocenters. The Bertz CT molecular complexity index is 546. The molecule has 1 aromatic rings. The predicted molar refractivity (Wildman–Crippen MR) is 111 cm³/mol. The first-order valence-electron chi connectivity index (χ1n) is 9.39. The molecule has 0 radical (unpaired) electrons. The zero-order valence-corrected chi connectivity index (χ0v) is 16.8. The number of guanidine groups is 1. The van der Waals surface area contributed by atoms with Gasteiger partial charge in [0.15, 0.2) is 5.96 Å². The Balaban J connectivity index is 1.58. The second kappa shape index (κ2) is 12.0. The van der Waals surface area contributed by atoms with Gasteiger partial charge in [0.1, 0.15) is 0 Å². The number of anilines is 1. The van der Waals surface area contributed by atoms with Crippen molar-refractivity contribution in [1.29, 1.82) is 0 Å². The number of benzene rings is 1. The molecule has 1 fully saturated rings. The molecule has 2 N–H and O–H groups in total. The molecular formula is C19H32ClN5O. The number of rotatable bonds is 9. The Morgan fingerprint density at radius 2 is 1.88 bits per heavy atom. The van der Waals surface area contributed by atoms with E-state index in [1.807, 2.05) is 18.2 Å². The molecule has 1 saturated heterocycles. The van der Waals surface area contributed by atoms with Crippen LogP contribution in [0.2, 0.25) is 5.02 Å². The van der Waals surface area contributed by atoms with Crippen molar-refractivity contribution in [2.24, 2.45) is 4.99 Å². The molecule has 1 aliphatic rings. The van der Waals surface area contributed by atoms with Crippen LogP contribution in [0, 0.1) is 0 Å². The molecule has 0 aromatic heterocycles. The summed E-state index contributed by atoms with van der Waals surface area (Å²) in [6.45, 7) is 7.97. The molecule has 146 valence electrons. The smallest absolute Gasteiger partial charge is 0.190 e. The zero-order chi connectivity index (χ0) is 18.6. The van der Waals surface area contributed by atoms with Crippen LogP contribution in [0.15, 0.2) is 29.3 Å². The third-order valence-electron chi connectivity index (χ3n) is 4.53. The van der Waals surface area contributed by atoms with Crippen LogP contribution in [0.3, 0.4) is 0 Å². The molecule has 1 heterocycles. The third-order valence-corrected chi connectivity index (χ3v) is 4.77. The minimum atomic E-state index is 0.769. The van der Waals surface area contributed by atoms with E-state index in [9.17, 15) is 0 Å². The van der Waals surface area contributed by atoms with E-state index in [0.29, 0.717) is 0 Å². The first kappa shape index (κ1) is 20.8. The van der Waals surface area contributed by atoms with E-state index in [0.717, 1.165) is 76.2 Å². The van der Waals surface area contributed by atoms with Gasteiger partial charge in [-0.05, 0) is 37.6 Å². The van der Waals surface area contributed by atoms with Gasteiger partial charge in [0.25, 0.3) is 0 Å². The van der Waals surface area contributed by atoms with Crippen molar-refractivity contribution in [1.82, 2.24) is 15.5 Å². The molecule has 2 rings (SSSR count). The lowest BCUT2D eigenvalue weighted by Crippen LogP contribution is -2.47. The number of nitrogens with zero attached hydrogens (tertiary/aromatic N) is 3. The molecular weight excluding hydrogens is 350 g/mol. The van der Waals surface area contributed by atoms with Crippen LogP contribution in [0.5, 0.6) is 0 Å². The van der Waals surface area contributed by atoms with E-state index in [1.165, 1.54) is 5.69 Å². The molecule has 7 heteroatoms. The fraction of sp³-hybridized carbons (Fsp3) is 0.632. The van der Waals surface area contributed by atoms with Crippen LogP contribution in [-0.4, -0.2) is 77.4 Å². The van der Waals surface area contributed by atoms with Crippen molar-refractivity contribution < 1.29 is 4.74 Å². The summed E-state index contributed by atoms with van der Waals surface area (Å²) in [5.41, 5.74) is 1.22. The number of hydrogen-bond donors (Lipinski definition) is 2. The van der Waals surface area contributed by atoms with E-state index in [-0.39, 0.29) is 0 Å². The topological polar surface area (TPSA) is 52.1 Å². The second-order valence-corrected chi connectivity index (χ2v) is 6.87. The molecule has 6 nitrogen and oxygen atoms in total. The van der Waals surface area contributed by atoms with Gasteiger partial charge >= 0.3 is 0 Å². The molecule has 0 amide bonds. The SMILES string of the molecule is CN=C(NCCCOC)NCCCN1CCN(c2cccc(Cl)c2)CC1. The molecule has 26 heavy (non-hydrogen) atoms. The van der Waals surface area contributed by atoms with E-state index in [4.69, 9.17) is 16.3 Å². The van der Waals surface area contributed by atoms with Gasteiger partial charge in [-0.15, -0.1) is 0 Å². The fourth-order valence-corrected chi connectivity index (χ4v) is 3.24. The summed E-state index contributed by atoms with van der Waals surface area (Å²) in [4.78, 5) is 9.18. The van der Waals surface area contributed by atoms with Gasteiger partial charge in [-0.1, -0.05) is 17.7 Å². The molecule has 0 spiro atoms. The van der Waals surface area contributed by atoms with Crippen molar-refractivity contribution in [2.75, 3.05) is 71.5 Å². The van der Waals surface area contributed by atoms with Gasteiger partial charge < -0.3 is 20.3 Å². The number of aliphatic imine (C=N–C) groups is 1. The Labute approximate surface area is 162 Å². The van der Waals surface area contributed by atoms with Gasteiger partial charge in [-0.2, -0.15) is 0 Å². The number of hydrogen-bond acceptors (Lipinski definition) is 4. The van der Waals surface area contributed by atoms with Crippen LogP contribution in [0.4, 0.5) is 5.69 Å². The summed E-state index contributed by atoms with van der Waals surface area (Å²) >= 11 is 6.10. The van der Waals surface area contributed by atoms with Crippen LogP contribution >= 0.6 is 11.6 Å². The van der Waals surface area contributed by atoms with Gasteiger partial charge in [-0.25, -0.2) is 0 Å². The minimum Gasteiger partial charge on any atom is -0.385 e. The van der Waals surface area contributed by atoms with E-state index >= 15 is 0 Å². The van der Waals surface area contributed by atoms with Crippen LogP contribution in [-0.2, 0) is 4.74 Å². The molecule has 1 aliphatic heterocycles. The molecule has 1 aromatic carbocycles. The number of methoxy groups -OCH3 is 1. The van der Waals surface area contributed by atoms with Gasteiger partial charge in [0.05, 0.1) is 0 Å². The molecule has 0 saturated carbocycles. The molecule has 0 bridgehead atoms. The monoisotopic (exact) mass is 381 g/mol. The first-order valence-corrected chi connectivity index (χ1v) is 9.77. The van der Waals surface area contributed by atoms with Crippen molar-refractivity contribution in [3.8, 4) is 0 Å². The lowest BCUT2D eigenvalue weighted by Gasteiger charge is -2.36. The van der Waals surface area contributed by atoms with Crippen molar-refractivity contribution in [3.05, 3.63) is 29.3 Å². The highest BCUT2D eigenvalue weighted by Crippen LogP contribution is 2.20. The Hall–Kier alpha value is -1.50. The van der Waals surface area contributed by atoms with Crippen molar-refractivity contribution >= 4 is 23.2 Å². The molecule has 0 atom stereocenters. The van der Waals surface area contributed by atoms with Crippen molar-refractivity contribution in [3.63, 3.8) is 0 Å². The average Bonchev–Trinajstić information content (AvgIpc) is 2.67. The Kier molecular flexibility index (Phi) is 9.60. The predicted octanol–water partition coefficient (Wildman–Crippen LogP) is 2.05. The van der Waals surface area contributed by atoms with Crippen LogP contribution in [0.1, 0.15) is 12.8 Å². The average molecular weight is 382 g/mol. The zero-order valence-electron chi connectivity index (χ0n) is 16.0. The number of piperazine rings is 1. The summed E-state index contributed by atoms with van der Waals surface area (Å²) in [7, 11) is 3.53. The quantitative estimate of drug-likeness (QED) is 0.389. The largest absolute Gasteiger partial charge is 0.385 e. The highest BCUT2D eigenvalue weighted by molar-refractivity contribution is 6.30. The highest BCUT2D eigenvalue weighted by atomic mass is 35.5. The van der Waals surface area contributed by atoms with E-state index < -0.39 is 0 Å². The Morgan fingerprint density at radius 1 is 1.15 bits per heavy atom. The number of halogens is 1. The molecule has 0 aliphatic carbocycles. The fourth-order valence-electron chi connectivity index (χ4n) is 3.06. The van der Waals surface area contributed by atoms with Crippen molar-refractivity contribution in [2.45, 2.75) is 12.8 Å². The van der Waals surface area contributed by atoms with Crippen LogP contribution in [0.25, 0.3) is 0 Å². The summed E-state index contributed by atoms with van der Waals surface area (Å²) in [5.74, 6) is 0.867. The van der Waals surface area contributed by atoms with Gasteiger partial charge in [0.2, 0.25) is 0 Å². The second-order valence-electron chi connectivity index (χ2n) is 6.43. The van der Waals surface area contributed by atoms with Gasteiger partial charge in [-0.3, -0.25) is 9.89 Å². The summed E-state index contributed by atoms with van der Waals surface area (Å²) in [6.07, 6.45) is 2.09. The number of nitrogens with one attached hydrogen (secondary N) is 2. The maximum absolute atomic E-state index is 6.10. The Morgan fingerprint density at radius 3 is 2.54 bits per heavy atom. The van der Waals surface area contributed by atoms with Gasteiger partial charge in [0, 0.05) is 70.7 Å². The maximum Gasteiger partial charge on any atom is 0.190 e. The normalized spacial score (nSPS) is 16.0. The minimum absolute atomic E-state index is 0.769. The standard InChI is InChI=1S/C19H32ClN5O/c1-21-19(23-9-5-15-26-2)22-8-4-10-24-11-13-25(14-12-24)18-7-3-6-17(20)16-18/h3,6-7,16H,4-5,8-15H2,1-2H3,(H2,21,22,23). The maximum atomic E-state index is 6.10. The summed E-state index contributed by atoms with van der Waals surface area (Å²) in [5, 5.41) is 7.48. The van der Waals surface area contributed by atoms with E-state index in [2.05, 4.69) is 31.5 Å². The number of ether oxygens (including phenoxy) is 1. The third kappa shape index (κ3) is 7.40.